The summed E-state index contributed by atoms with van der Waals surface area (Å²) in [5.41, 5.74) is 0. The Kier molecular flexibility index (Phi) is 4.59. The van der Waals surface area contributed by atoms with Crippen LogP contribution in [0.2, 0.25) is 5.02 Å². The van der Waals surface area contributed by atoms with Crippen LogP contribution in [0.1, 0.15) is 0 Å². The Bertz CT molecular complexity index is 370. The van der Waals surface area contributed by atoms with Crippen molar-refractivity contribution in [3.05, 3.63) is 29.0 Å². The van der Waals surface area contributed by atoms with E-state index in [1.165, 1.54) is 12.1 Å². The van der Waals surface area contributed by atoms with Gasteiger partial charge in [-0.15, -0.1) is 0 Å². The molecule has 1 fully saturated rings. The van der Waals surface area contributed by atoms with E-state index in [1.807, 2.05) is 0 Å². The minimum absolute atomic E-state index is 0.116. The Labute approximate surface area is 105 Å². The van der Waals surface area contributed by atoms with Crippen molar-refractivity contribution in [1.82, 2.24) is 4.90 Å². The van der Waals surface area contributed by atoms with Gasteiger partial charge in [0.2, 0.25) is 0 Å². The molecule has 0 unspecified atom stereocenters. The maximum absolute atomic E-state index is 13.1. The quantitative estimate of drug-likeness (QED) is 0.827. The smallest absolute Gasteiger partial charge is 0.145 e. The molecule has 0 aliphatic carbocycles. The van der Waals surface area contributed by atoms with Crippen molar-refractivity contribution >= 4 is 11.6 Å². The first-order valence-electron chi connectivity index (χ1n) is 5.63. The predicted molar refractivity (Wildman–Crippen MR) is 64.2 cm³/mol. The van der Waals surface area contributed by atoms with E-state index in [1.54, 1.807) is 6.07 Å². The number of ether oxygens (including phenoxy) is 2. The van der Waals surface area contributed by atoms with Crippen LogP contribution in [0.15, 0.2) is 18.2 Å². The Morgan fingerprint density at radius 3 is 2.82 bits per heavy atom. The average Bonchev–Trinajstić information content (AvgIpc) is 2.35. The van der Waals surface area contributed by atoms with Crippen molar-refractivity contribution in [2.45, 2.75) is 0 Å². The predicted octanol–water partition coefficient (Wildman–Crippen LogP) is 2.19. The average molecular weight is 260 g/mol. The third kappa shape index (κ3) is 3.84. The van der Waals surface area contributed by atoms with Crippen LogP contribution in [0.25, 0.3) is 0 Å². The molecular weight excluding hydrogens is 245 g/mol. The van der Waals surface area contributed by atoms with Crippen LogP contribution >= 0.6 is 11.6 Å². The fourth-order valence-electron chi connectivity index (χ4n) is 1.68. The lowest BCUT2D eigenvalue weighted by Gasteiger charge is -2.26. The highest BCUT2D eigenvalue weighted by Crippen LogP contribution is 2.20. The molecule has 0 amide bonds. The van der Waals surface area contributed by atoms with E-state index in [-0.39, 0.29) is 5.02 Å². The van der Waals surface area contributed by atoms with Gasteiger partial charge in [0.05, 0.1) is 18.2 Å². The molecular formula is C12H15ClFNO2. The Hall–Kier alpha value is -0.840. The van der Waals surface area contributed by atoms with Crippen LogP contribution in [-0.4, -0.2) is 44.4 Å². The minimum Gasteiger partial charge on any atom is -0.492 e. The SMILES string of the molecule is Fc1cc(OCCN2CCOCC2)ccc1Cl. The van der Waals surface area contributed by atoms with Gasteiger partial charge < -0.3 is 9.47 Å². The third-order valence-corrected chi connectivity index (χ3v) is 2.98. The van der Waals surface area contributed by atoms with Crippen LogP contribution in [0, 0.1) is 5.82 Å². The molecule has 0 N–H and O–H groups in total. The second-order valence-corrected chi connectivity index (χ2v) is 4.29. The van der Waals surface area contributed by atoms with Crippen molar-refractivity contribution < 1.29 is 13.9 Å². The van der Waals surface area contributed by atoms with Gasteiger partial charge in [0.1, 0.15) is 18.2 Å². The number of rotatable bonds is 4. The molecule has 0 radical (unpaired) electrons. The lowest BCUT2D eigenvalue weighted by Crippen LogP contribution is -2.38. The molecule has 0 bridgehead atoms. The highest BCUT2D eigenvalue weighted by Gasteiger charge is 2.10. The van der Waals surface area contributed by atoms with Crippen molar-refractivity contribution in [2.24, 2.45) is 0 Å². The first-order chi connectivity index (χ1) is 8.25. The summed E-state index contributed by atoms with van der Waals surface area (Å²) < 4.78 is 23.8. The van der Waals surface area contributed by atoms with Gasteiger partial charge in [-0.25, -0.2) is 4.39 Å². The molecule has 1 heterocycles. The van der Waals surface area contributed by atoms with E-state index < -0.39 is 5.82 Å². The van der Waals surface area contributed by atoms with Gasteiger partial charge in [0.15, 0.2) is 0 Å². The number of hydrogen-bond acceptors (Lipinski definition) is 3. The summed E-state index contributed by atoms with van der Waals surface area (Å²) in [6, 6.07) is 4.48. The summed E-state index contributed by atoms with van der Waals surface area (Å²) in [5, 5.41) is 0.116. The van der Waals surface area contributed by atoms with Crippen LogP contribution in [0.5, 0.6) is 5.75 Å². The molecule has 1 aromatic carbocycles. The lowest BCUT2D eigenvalue weighted by molar-refractivity contribution is 0.0322. The van der Waals surface area contributed by atoms with E-state index in [2.05, 4.69) is 4.90 Å². The molecule has 1 aliphatic rings. The number of benzene rings is 1. The van der Waals surface area contributed by atoms with Gasteiger partial charge in [-0.2, -0.15) is 0 Å². The van der Waals surface area contributed by atoms with Gasteiger partial charge in [-0.3, -0.25) is 4.90 Å². The second kappa shape index (κ2) is 6.19. The molecule has 1 aromatic rings. The van der Waals surface area contributed by atoms with E-state index >= 15 is 0 Å². The first-order valence-corrected chi connectivity index (χ1v) is 6.01. The summed E-state index contributed by atoms with van der Waals surface area (Å²) in [4.78, 5) is 2.26. The molecule has 94 valence electrons. The molecule has 17 heavy (non-hydrogen) atoms. The number of hydrogen-bond donors (Lipinski definition) is 0. The summed E-state index contributed by atoms with van der Waals surface area (Å²) in [6.45, 7) is 4.77. The largest absolute Gasteiger partial charge is 0.492 e. The molecule has 5 heteroatoms. The van der Waals surface area contributed by atoms with Crippen molar-refractivity contribution in [1.29, 1.82) is 0 Å². The Morgan fingerprint density at radius 1 is 1.35 bits per heavy atom. The molecule has 3 nitrogen and oxygen atoms in total. The van der Waals surface area contributed by atoms with Gasteiger partial charge >= 0.3 is 0 Å². The summed E-state index contributed by atoms with van der Waals surface area (Å²) in [7, 11) is 0. The number of halogens is 2. The van der Waals surface area contributed by atoms with Crippen LogP contribution in [0.4, 0.5) is 4.39 Å². The maximum Gasteiger partial charge on any atom is 0.145 e. The van der Waals surface area contributed by atoms with Gasteiger partial charge in [0, 0.05) is 25.7 Å². The Morgan fingerprint density at radius 2 is 2.12 bits per heavy atom. The number of nitrogens with zero attached hydrogens (tertiary/aromatic N) is 1. The molecule has 1 aliphatic heterocycles. The monoisotopic (exact) mass is 259 g/mol. The van der Waals surface area contributed by atoms with E-state index in [9.17, 15) is 4.39 Å². The van der Waals surface area contributed by atoms with Gasteiger partial charge in [0.25, 0.3) is 0 Å². The zero-order valence-corrected chi connectivity index (χ0v) is 10.3. The first kappa shape index (κ1) is 12.6. The zero-order valence-electron chi connectivity index (χ0n) is 9.49. The van der Waals surface area contributed by atoms with E-state index in [4.69, 9.17) is 21.1 Å². The summed E-state index contributed by atoms with van der Waals surface area (Å²) in [6.07, 6.45) is 0. The molecule has 0 saturated carbocycles. The fraction of sp³-hybridized carbons (Fsp3) is 0.500. The fourth-order valence-corrected chi connectivity index (χ4v) is 1.80. The van der Waals surface area contributed by atoms with Gasteiger partial charge in [-0.05, 0) is 12.1 Å². The van der Waals surface area contributed by atoms with Crippen LogP contribution in [0.3, 0.4) is 0 Å². The molecule has 2 rings (SSSR count). The molecule has 0 spiro atoms. The van der Waals surface area contributed by atoms with Crippen LogP contribution < -0.4 is 4.74 Å². The summed E-state index contributed by atoms with van der Waals surface area (Å²) >= 11 is 5.58. The highest BCUT2D eigenvalue weighted by molar-refractivity contribution is 6.30. The van der Waals surface area contributed by atoms with E-state index in [0.717, 1.165) is 32.8 Å². The van der Waals surface area contributed by atoms with Crippen molar-refractivity contribution in [3.63, 3.8) is 0 Å². The maximum atomic E-state index is 13.1. The zero-order chi connectivity index (χ0) is 12.1. The Balaban J connectivity index is 1.75. The van der Waals surface area contributed by atoms with E-state index in [0.29, 0.717) is 12.4 Å². The topological polar surface area (TPSA) is 21.7 Å². The molecule has 0 atom stereocenters. The van der Waals surface area contributed by atoms with Crippen molar-refractivity contribution in [2.75, 3.05) is 39.5 Å². The standard InChI is InChI=1S/C12H15ClFNO2/c13-11-2-1-10(9-12(11)14)17-8-5-15-3-6-16-7-4-15/h1-2,9H,3-8H2. The second-order valence-electron chi connectivity index (χ2n) is 3.88. The lowest BCUT2D eigenvalue weighted by atomic mass is 10.3. The van der Waals surface area contributed by atoms with Crippen LogP contribution in [-0.2, 0) is 4.74 Å². The third-order valence-electron chi connectivity index (χ3n) is 2.67. The molecule has 1 saturated heterocycles. The van der Waals surface area contributed by atoms with Gasteiger partial charge in [-0.1, -0.05) is 11.6 Å². The highest BCUT2D eigenvalue weighted by atomic mass is 35.5. The van der Waals surface area contributed by atoms with Crippen molar-refractivity contribution in [3.8, 4) is 5.75 Å². The summed E-state index contributed by atoms with van der Waals surface area (Å²) in [5.74, 6) is 0.0655. The molecule has 0 aromatic heterocycles. The number of morpholine rings is 1. The minimum atomic E-state index is -0.449. The normalized spacial score (nSPS) is 17.1.